The second-order valence-corrected chi connectivity index (χ2v) is 8.32. The monoisotopic (exact) mass is 426 g/mol. The van der Waals surface area contributed by atoms with E-state index in [-0.39, 0.29) is 41.3 Å². The lowest BCUT2D eigenvalue weighted by molar-refractivity contribution is -0.127. The second kappa shape index (κ2) is 8.43. The highest BCUT2D eigenvalue weighted by Crippen LogP contribution is 2.45. The Morgan fingerprint density at radius 3 is 2.59 bits per heavy atom. The molecule has 10 heteroatoms. The van der Waals surface area contributed by atoms with Gasteiger partial charge in [-0.1, -0.05) is 11.6 Å². The minimum absolute atomic E-state index is 0.00488. The van der Waals surface area contributed by atoms with Crippen molar-refractivity contribution in [3.63, 3.8) is 0 Å². The molecule has 1 saturated heterocycles. The normalized spacial score (nSPS) is 32.9. The Balaban J connectivity index is 1.26. The molecule has 4 aliphatic rings. The number of benzene rings is 1. The van der Waals surface area contributed by atoms with E-state index in [1.165, 1.54) is 12.1 Å². The molecule has 0 radical (unpaired) electrons. The molecule has 3 saturated carbocycles. The number of hydrogen-bond donors (Lipinski definition) is 5. The smallest absolute Gasteiger partial charge is 0.258 e. The zero-order chi connectivity index (χ0) is 20.5. The molecule has 2 bridgehead atoms. The van der Waals surface area contributed by atoms with Gasteiger partial charge < -0.3 is 20.5 Å². The Bertz CT molecular complexity index is 791. The molecule has 1 aliphatic heterocycles. The van der Waals surface area contributed by atoms with Crippen LogP contribution >= 0.6 is 11.6 Å². The van der Waals surface area contributed by atoms with Crippen LogP contribution in [0.4, 0.5) is 4.39 Å². The number of hydrogen-bond acceptors (Lipinski definition) is 6. The van der Waals surface area contributed by atoms with Gasteiger partial charge in [0.25, 0.3) is 5.91 Å². The van der Waals surface area contributed by atoms with Crippen molar-refractivity contribution in [1.29, 1.82) is 0 Å². The Morgan fingerprint density at radius 2 is 1.93 bits per heavy atom. The van der Waals surface area contributed by atoms with Gasteiger partial charge in [0.2, 0.25) is 5.91 Å². The average molecular weight is 427 g/mol. The first kappa shape index (κ1) is 20.3. The number of amides is 2. The summed E-state index contributed by atoms with van der Waals surface area (Å²) in [5.74, 6) is 0.0193. The molecular formula is C19H24ClFN4O4. The molecule has 8 nitrogen and oxygen atoms in total. The third kappa shape index (κ3) is 4.63. The maximum Gasteiger partial charge on any atom is 0.258 e. The number of ether oxygens (including phenoxy) is 1. The summed E-state index contributed by atoms with van der Waals surface area (Å²) in [6.07, 6.45) is 1.70. The standard InChI is InChI=1S/C19H24ClFN4O4/c20-12-2-1-11(5-13(12)21)29-8-17(26)23-14-6-15(10-3-9(14)4-10)24-18(27)16-7-22-19(28)25-16/h1-2,5,9-10,14-16,19,22,25,28H,3-4,6-8H2,(H,23,26)(H,24,27)/t9?,10?,14-,15+,16?,19?/m0/s1. The van der Waals surface area contributed by atoms with E-state index in [1.807, 2.05) is 0 Å². The highest BCUT2D eigenvalue weighted by Gasteiger charge is 2.47. The van der Waals surface area contributed by atoms with Gasteiger partial charge in [-0.25, -0.2) is 4.39 Å². The molecule has 4 atom stereocenters. The van der Waals surface area contributed by atoms with Crippen LogP contribution in [0.1, 0.15) is 19.3 Å². The van der Waals surface area contributed by atoms with Crippen molar-refractivity contribution in [1.82, 2.24) is 21.3 Å². The SMILES string of the molecule is O=C(COc1ccc(Cl)c(F)c1)N[C@H]1C[C@@H](NC(=O)C2CNC(O)N2)C2CC1C2. The van der Waals surface area contributed by atoms with Crippen LogP contribution in [0.15, 0.2) is 18.2 Å². The zero-order valence-electron chi connectivity index (χ0n) is 15.7. The van der Waals surface area contributed by atoms with Crippen molar-refractivity contribution >= 4 is 23.4 Å². The van der Waals surface area contributed by atoms with Crippen LogP contribution in [0.5, 0.6) is 5.75 Å². The highest BCUT2D eigenvalue weighted by molar-refractivity contribution is 6.30. The third-order valence-electron chi connectivity index (χ3n) is 5.98. The molecule has 1 aromatic carbocycles. The third-order valence-corrected chi connectivity index (χ3v) is 6.29. The first-order valence-electron chi connectivity index (χ1n) is 9.74. The summed E-state index contributed by atoms with van der Waals surface area (Å²) in [4.78, 5) is 24.7. The van der Waals surface area contributed by atoms with Crippen LogP contribution in [-0.2, 0) is 9.59 Å². The van der Waals surface area contributed by atoms with Crippen LogP contribution in [0.25, 0.3) is 0 Å². The zero-order valence-corrected chi connectivity index (χ0v) is 16.4. The van der Waals surface area contributed by atoms with Crippen molar-refractivity contribution in [2.45, 2.75) is 43.7 Å². The summed E-state index contributed by atoms with van der Waals surface area (Å²) in [6.45, 7) is 0.149. The lowest BCUT2D eigenvalue weighted by Gasteiger charge is -2.51. The molecule has 1 aromatic rings. The quantitative estimate of drug-likeness (QED) is 0.441. The predicted octanol–water partition coefficient (Wildman–Crippen LogP) is 0.0947. The van der Waals surface area contributed by atoms with Gasteiger partial charge >= 0.3 is 0 Å². The van der Waals surface area contributed by atoms with E-state index in [4.69, 9.17) is 16.3 Å². The van der Waals surface area contributed by atoms with Crippen LogP contribution in [-0.4, -0.2) is 54.5 Å². The van der Waals surface area contributed by atoms with Gasteiger partial charge in [0.05, 0.1) is 5.02 Å². The lowest BCUT2D eigenvalue weighted by atomic mass is 9.60. The molecule has 4 fully saturated rings. The molecule has 0 aromatic heterocycles. The average Bonchev–Trinajstić information content (AvgIpc) is 3.08. The number of aliphatic hydroxyl groups excluding tert-OH is 1. The fourth-order valence-corrected chi connectivity index (χ4v) is 4.45. The lowest BCUT2D eigenvalue weighted by Crippen LogP contribution is -2.61. The number of aliphatic hydroxyl groups is 1. The van der Waals surface area contributed by atoms with Crippen molar-refractivity contribution in [2.24, 2.45) is 11.8 Å². The first-order valence-corrected chi connectivity index (χ1v) is 10.1. The summed E-state index contributed by atoms with van der Waals surface area (Å²) in [6, 6.07) is 3.50. The Kier molecular flexibility index (Phi) is 5.91. The van der Waals surface area contributed by atoms with E-state index in [2.05, 4.69) is 21.3 Å². The van der Waals surface area contributed by atoms with Crippen molar-refractivity contribution in [3.05, 3.63) is 29.0 Å². The second-order valence-electron chi connectivity index (χ2n) is 7.91. The number of halogens is 2. The van der Waals surface area contributed by atoms with Crippen LogP contribution in [0, 0.1) is 17.7 Å². The molecule has 29 heavy (non-hydrogen) atoms. The molecule has 1 heterocycles. The maximum absolute atomic E-state index is 13.4. The van der Waals surface area contributed by atoms with Gasteiger partial charge in [-0.15, -0.1) is 0 Å². The molecule has 5 N–H and O–H groups in total. The van der Waals surface area contributed by atoms with E-state index in [9.17, 15) is 19.1 Å². The predicted molar refractivity (Wildman–Crippen MR) is 103 cm³/mol. The highest BCUT2D eigenvalue weighted by atomic mass is 35.5. The van der Waals surface area contributed by atoms with Crippen molar-refractivity contribution in [3.8, 4) is 5.75 Å². The largest absolute Gasteiger partial charge is 0.484 e. The van der Waals surface area contributed by atoms with Gasteiger partial charge in [0.1, 0.15) is 17.6 Å². The van der Waals surface area contributed by atoms with Gasteiger partial charge in [0, 0.05) is 24.7 Å². The molecule has 158 valence electrons. The number of fused-ring (bicyclic) bond motifs is 2. The van der Waals surface area contributed by atoms with Gasteiger partial charge in [0.15, 0.2) is 13.0 Å². The first-order chi connectivity index (χ1) is 13.9. The Hall–Kier alpha value is -1.94. The fourth-order valence-electron chi connectivity index (χ4n) is 4.33. The molecule has 2 amide bonds. The van der Waals surface area contributed by atoms with Gasteiger partial charge in [-0.3, -0.25) is 20.2 Å². The van der Waals surface area contributed by atoms with E-state index in [0.717, 1.165) is 18.9 Å². The number of carbonyl (C=O) groups is 2. The van der Waals surface area contributed by atoms with Crippen molar-refractivity contribution in [2.75, 3.05) is 13.2 Å². The molecule has 0 spiro atoms. The van der Waals surface area contributed by atoms with Crippen molar-refractivity contribution < 1.29 is 23.8 Å². The molecule has 5 rings (SSSR count). The summed E-state index contributed by atoms with van der Waals surface area (Å²) >= 11 is 5.63. The topological polar surface area (TPSA) is 112 Å². The minimum Gasteiger partial charge on any atom is -0.484 e. The maximum atomic E-state index is 13.4. The summed E-state index contributed by atoms with van der Waals surface area (Å²) in [5.41, 5.74) is 0. The van der Waals surface area contributed by atoms with E-state index in [1.54, 1.807) is 0 Å². The number of carbonyl (C=O) groups excluding carboxylic acids is 2. The summed E-state index contributed by atoms with van der Waals surface area (Å²) < 4.78 is 18.8. The number of rotatable bonds is 6. The number of nitrogens with one attached hydrogen (secondary N) is 4. The van der Waals surface area contributed by atoms with Crippen LogP contribution in [0.2, 0.25) is 5.02 Å². The Morgan fingerprint density at radius 1 is 1.21 bits per heavy atom. The van der Waals surface area contributed by atoms with Crippen LogP contribution in [0.3, 0.4) is 0 Å². The van der Waals surface area contributed by atoms with Gasteiger partial charge in [-0.2, -0.15) is 0 Å². The molecule has 3 aliphatic carbocycles. The molecular weight excluding hydrogens is 403 g/mol. The minimum atomic E-state index is -0.869. The summed E-state index contributed by atoms with van der Waals surface area (Å²) in [5, 5.41) is 21.0. The molecule has 2 unspecified atom stereocenters. The fraction of sp³-hybridized carbons (Fsp3) is 0.579. The van der Waals surface area contributed by atoms with E-state index >= 15 is 0 Å². The Labute approximate surface area is 172 Å². The van der Waals surface area contributed by atoms with E-state index < -0.39 is 18.2 Å². The summed E-state index contributed by atoms with van der Waals surface area (Å²) in [7, 11) is 0. The van der Waals surface area contributed by atoms with Crippen LogP contribution < -0.4 is 26.0 Å². The van der Waals surface area contributed by atoms with E-state index in [0.29, 0.717) is 24.8 Å². The van der Waals surface area contributed by atoms with Gasteiger partial charge in [-0.05, 0) is 43.2 Å².